The largest absolute Gasteiger partial charge is 0.490 e. The summed E-state index contributed by atoms with van der Waals surface area (Å²) < 4.78 is 11.1. The number of benzene rings is 1. The lowest BCUT2D eigenvalue weighted by Gasteiger charge is -2.35. The first-order chi connectivity index (χ1) is 12.3. The third kappa shape index (κ3) is 5.36. The van der Waals surface area contributed by atoms with Crippen molar-refractivity contribution in [3.63, 3.8) is 0 Å². The van der Waals surface area contributed by atoms with E-state index >= 15 is 0 Å². The van der Waals surface area contributed by atoms with Gasteiger partial charge in [0, 0.05) is 44.1 Å². The molecule has 0 spiro atoms. The first-order valence-corrected chi connectivity index (χ1v) is 10.3. The Hall–Kier alpha value is -1.24. The van der Waals surface area contributed by atoms with Crippen molar-refractivity contribution in [2.24, 2.45) is 0 Å². The summed E-state index contributed by atoms with van der Waals surface area (Å²) in [7, 11) is 1.62. The van der Waals surface area contributed by atoms with E-state index < -0.39 is 0 Å². The Balaban J connectivity index is 1.48. The molecule has 2 heterocycles. The van der Waals surface area contributed by atoms with E-state index in [-0.39, 0.29) is 12.0 Å². The molecule has 2 saturated heterocycles. The lowest BCUT2D eigenvalue weighted by Crippen LogP contribution is -2.44. The molecule has 1 aromatic carbocycles. The molecule has 2 aliphatic rings. The molecule has 0 radical (unpaired) electrons. The molecule has 2 aliphatic heterocycles. The minimum atomic E-state index is -0.0870. The quantitative estimate of drug-likeness (QED) is 0.753. The Morgan fingerprint density at radius 3 is 2.88 bits per heavy atom. The SMILES string of the molecule is COCCNC(=O)c1cccc(OC2CCN(C3CCSC3)CC2)c1. The molecule has 0 saturated carbocycles. The van der Waals surface area contributed by atoms with Crippen molar-refractivity contribution in [3.8, 4) is 5.75 Å². The van der Waals surface area contributed by atoms with E-state index in [4.69, 9.17) is 9.47 Å². The van der Waals surface area contributed by atoms with Crippen LogP contribution in [0.15, 0.2) is 24.3 Å². The van der Waals surface area contributed by atoms with E-state index in [9.17, 15) is 4.79 Å². The van der Waals surface area contributed by atoms with Crippen LogP contribution in [0.25, 0.3) is 0 Å². The molecular formula is C19H28N2O3S. The maximum Gasteiger partial charge on any atom is 0.251 e. The number of carbonyl (C=O) groups is 1. The summed E-state index contributed by atoms with van der Waals surface area (Å²) in [6.45, 7) is 3.26. The van der Waals surface area contributed by atoms with Crippen LogP contribution in [-0.2, 0) is 4.74 Å². The van der Waals surface area contributed by atoms with E-state index in [1.165, 1.54) is 17.9 Å². The molecule has 0 aliphatic carbocycles. The average molecular weight is 365 g/mol. The minimum Gasteiger partial charge on any atom is -0.490 e. The van der Waals surface area contributed by atoms with Crippen LogP contribution < -0.4 is 10.1 Å². The summed E-state index contributed by atoms with van der Waals surface area (Å²) in [6.07, 6.45) is 3.70. The molecule has 0 aromatic heterocycles. The van der Waals surface area contributed by atoms with Gasteiger partial charge in [0.25, 0.3) is 5.91 Å². The lowest BCUT2D eigenvalue weighted by molar-refractivity contribution is 0.0813. The van der Waals surface area contributed by atoms with Crippen LogP contribution in [0.1, 0.15) is 29.6 Å². The first kappa shape index (κ1) is 18.5. The Kier molecular flexibility index (Phi) is 7.02. The van der Waals surface area contributed by atoms with Crippen molar-refractivity contribution in [1.29, 1.82) is 0 Å². The minimum absolute atomic E-state index is 0.0870. The lowest BCUT2D eigenvalue weighted by atomic mass is 10.0. The van der Waals surface area contributed by atoms with Gasteiger partial charge < -0.3 is 14.8 Å². The summed E-state index contributed by atoms with van der Waals surface area (Å²) in [4.78, 5) is 14.7. The van der Waals surface area contributed by atoms with Gasteiger partial charge in [-0.2, -0.15) is 11.8 Å². The van der Waals surface area contributed by atoms with E-state index in [0.717, 1.165) is 37.7 Å². The number of hydrogen-bond acceptors (Lipinski definition) is 5. The predicted molar refractivity (Wildman–Crippen MR) is 102 cm³/mol. The highest BCUT2D eigenvalue weighted by molar-refractivity contribution is 7.99. The van der Waals surface area contributed by atoms with E-state index in [1.54, 1.807) is 7.11 Å². The molecule has 1 N–H and O–H groups in total. The standard InChI is InChI=1S/C19H28N2O3S/c1-23-11-8-20-19(22)15-3-2-4-18(13-15)24-17-5-9-21(10-6-17)16-7-12-25-14-16/h2-4,13,16-17H,5-12,14H2,1H3,(H,20,22). The van der Waals surface area contributed by atoms with Gasteiger partial charge in [0.1, 0.15) is 11.9 Å². The second kappa shape index (κ2) is 9.46. The zero-order chi connectivity index (χ0) is 17.5. The van der Waals surface area contributed by atoms with Crippen LogP contribution in [0, 0.1) is 0 Å². The fraction of sp³-hybridized carbons (Fsp3) is 0.632. The van der Waals surface area contributed by atoms with Crippen LogP contribution in [-0.4, -0.2) is 67.8 Å². The summed E-state index contributed by atoms with van der Waals surface area (Å²) in [5.41, 5.74) is 0.633. The molecule has 5 nitrogen and oxygen atoms in total. The number of nitrogens with one attached hydrogen (secondary N) is 1. The smallest absolute Gasteiger partial charge is 0.251 e. The Morgan fingerprint density at radius 1 is 1.32 bits per heavy atom. The highest BCUT2D eigenvalue weighted by Crippen LogP contribution is 2.26. The highest BCUT2D eigenvalue weighted by Gasteiger charge is 2.28. The van der Waals surface area contributed by atoms with Crippen molar-refractivity contribution < 1.29 is 14.3 Å². The monoisotopic (exact) mass is 364 g/mol. The van der Waals surface area contributed by atoms with Crippen LogP contribution in [0.4, 0.5) is 0 Å². The number of methoxy groups -OCH3 is 1. The average Bonchev–Trinajstić information content (AvgIpc) is 3.17. The number of ether oxygens (including phenoxy) is 2. The normalized spacial score (nSPS) is 22.0. The summed E-state index contributed by atoms with van der Waals surface area (Å²) in [6, 6.07) is 8.24. The molecule has 3 rings (SSSR count). The Morgan fingerprint density at radius 2 is 2.16 bits per heavy atom. The molecule has 6 heteroatoms. The van der Waals surface area contributed by atoms with E-state index in [1.807, 2.05) is 24.3 Å². The molecule has 1 atom stereocenters. The second-order valence-electron chi connectivity index (χ2n) is 6.65. The predicted octanol–water partition coefficient (Wildman–Crippen LogP) is 2.41. The number of amides is 1. The van der Waals surface area contributed by atoms with Gasteiger partial charge in [-0.1, -0.05) is 6.07 Å². The molecule has 1 amide bonds. The molecule has 0 bridgehead atoms. The number of thioether (sulfide) groups is 1. The maximum atomic E-state index is 12.1. The third-order valence-corrected chi connectivity index (χ3v) is 6.03. The molecule has 138 valence electrons. The number of likely N-dealkylation sites (tertiary alicyclic amines) is 1. The Bertz CT molecular complexity index is 555. The molecule has 1 unspecified atom stereocenters. The van der Waals surface area contributed by atoms with E-state index in [2.05, 4.69) is 22.0 Å². The first-order valence-electron chi connectivity index (χ1n) is 9.12. The topological polar surface area (TPSA) is 50.8 Å². The maximum absolute atomic E-state index is 12.1. The van der Waals surface area contributed by atoms with Crippen LogP contribution >= 0.6 is 11.8 Å². The fourth-order valence-corrected chi connectivity index (χ4v) is 4.70. The summed E-state index contributed by atoms with van der Waals surface area (Å²) in [5.74, 6) is 3.29. The number of carbonyl (C=O) groups excluding carboxylic acids is 1. The number of piperidine rings is 1. The van der Waals surface area contributed by atoms with Crippen LogP contribution in [0.5, 0.6) is 5.75 Å². The molecule has 1 aromatic rings. The Labute approximate surface area is 154 Å². The van der Waals surface area contributed by atoms with Crippen molar-refractivity contribution in [1.82, 2.24) is 10.2 Å². The summed E-state index contributed by atoms with van der Waals surface area (Å²) in [5, 5.41) is 2.84. The van der Waals surface area contributed by atoms with Gasteiger partial charge >= 0.3 is 0 Å². The third-order valence-electron chi connectivity index (χ3n) is 4.89. The van der Waals surface area contributed by atoms with E-state index in [0.29, 0.717) is 18.7 Å². The molecular weight excluding hydrogens is 336 g/mol. The number of hydrogen-bond donors (Lipinski definition) is 1. The van der Waals surface area contributed by atoms with Gasteiger partial charge in [0.2, 0.25) is 0 Å². The van der Waals surface area contributed by atoms with Crippen molar-refractivity contribution in [2.45, 2.75) is 31.4 Å². The van der Waals surface area contributed by atoms with Gasteiger partial charge in [-0.05, 0) is 43.2 Å². The second-order valence-corrected chi connectivity index (χ2v) is 7.80. The van der Waals surface area contributed by atoms with Crippen LogP contribution in [0.2, 0.25) is 0 Å². The summed E-state index contributed by atoms with van der Waals surface area (Å²) >= 11 is 2.07. The van der Waals surface area contributed by atoms with Crippen molar-refractivity contribution in [3.05, 3.63) is 29.8 Å². The molecule has 2 fully saturated rings. The van der Waals surface area contributed by atoms with Gasteiger partial charge in [0.05, 0.1) is 6.61 Å². The number of rotatable bonds is 7. The van der Waals surface area contributed by atoms with Gasteiger partial charge in [-0.25, -0.2) is 0 Å². The fourth-order valence-electron chi connectivity index (χ4n) is 3.44. The molecule has 25 heavy (non-hydrogen) atoms. The zero-order valence-corrected chi connectivity index (χ0v) is 15.7. The zero-order valence-electron chi connectivity index (χ0n) is 14.9. The number of nitrogens with zero attached hydrogens (tertiary/aromatic N) is 1. The van der Waals surface area contributed by atoms with Crippen molar-refractivity contribution in [2.75, 3.05) is 44.9 Å². The van der Waals surface area contributed by atoms with Crippen molar-refractivity contribution >= 4 is 17.7 Å². The van der Waals surface area contributed by atoms with Gasteiger partial charge in [-0.15, -0.1) is 0 Å². The van der Waals surface area contributed by atoms with Gasteiger partial charge in [0.15, 0.2) is 0 Å². The van der Waals surface area contributed by atoms with Crippen LogP contribution in [0.3, 0.4) is 0 Å². The highest BCUT2D eigenvalue weighted by atomic mass is 32.2. The van der Waals surface area contributed by atoms with Gasteiger partial charge in [-0.3, -0.25) is 9.69 Å².